The number of nitrogens with two attached hydrogens (primary N) is 1. The molecule has 0 saturated carbocycles. The second-order valence-electron chi connectivity index (χ2n) is 5.54. The lowest BCUT2D eigenvalue weighted by molar-refractivity contribution is -0.127. The molecule has 1 unspecified atom stereocenters. The zero-order valence-corrected chi connectivity index (χ0v) is 13.8. The standard InChI is InChI=1S/C19H21N3O3/c20-18(24)17(14-8-3-1-4-9-14)22-16(23)12-7-13-21-19(25)15-10-5-2-6-11-15/h1-6,8-11,17H,7,12-13H2,(H2,20,24)(H,21,25)(H,22,23). The molecule has 0 aromatic heterocycles. The average Bonchev–Trinajstić information content (AvgIpc) is 2.64. The van der Waals surface area contributed by atoms with Crippen LogP contribution in [0.2, 0.25) is 0 Å². The molecule has 3 amide bonds. The van der Waals surface area contributed by atoms with Crippen LogP contribution in [-0.2, 0) is 9.59 Å². The van der Waals surface area contributed by atoms with E-state index < -0.39 is 11.9 Å². The van der Waals surface area contributed by atoms with Crippen molar-refractivity contribution in [1.29, 1.82) is 0 Å². The molecule has 2 aromatic carbocycles. The molecule has 0 bridgehead atoms. The topological polar surface area (TPSA) is 101 Å². The van der Waals surface area contributed by atoms with Gasteiger partial charge in [-0.3, -0.25) is 14.4 Å². The molecule has 0 radical (unpaired) electrons. The average molecular weight is 339 g/mol. The Morgan fingerprint density at radius 1 is 0.920 bits per heavy atom. The second kappa shape index (κ2) is 9.22. The van der Waals surface area contributed by atoms with E-state index in [-0.39, 0.29) is 18.2 Å². The highest BCUT2D eigenvalue weighted by atomic mass is 16.2. The zero-order chi connectivity index (χ0) is 18.1. The van der Waals surface area contributed by atoms with E-state index in [4.69, 9.17) is 5.73 Å². The maximum atomic E-state index is 12.0. The van der Waals surface area contributed by atoms with Crippen molar-refractivity contribution in [1.82, 2.24) is 10.6 Å². The summed E-state index contributed by atoms with van der Waals surface area (Å²) in [7, 11) is 0. The molecule has 6 nitrogen and oxygen atoms in total. The highest BCUT2D eigenvalue weighted by molar-refractivity contribution is 5.94. The summed E-state index contributed by atoms with van der Waals surface area (Å²) in [6.07, 6.45) is 0.649. The number of nitrogens with one attached hydrogen (secondary N) is 2. The van der Waals surface area contributed by atoms with E-state index in [9.17, 15) is 14.4 Å². The number of carbonyl (C=O) groups is 3. The number of hydrogen-bond acceptors (Lipinski definition) is 3. The molecule has 0 aliphatic rings. The van der Waals surface area contributed by atoms with E-state index in [1.54, 1.807) is 48.5 Å². The number of benzene rings is 2. The van der Waals surface area contributed by atoms with Gasteiger partial charge in [0.15, 0.2) is 0 Å². The van der Waals surface area contributed by atoms with Gasteiger partial charge in [0.25, 0.3) is 5.91 Å². The Kier molecular flexibility index (Phi) is 6.71. The lowest BCUT2D eigenvalue weighted by Gasteiger charge is -2.15. The predicted molar refractivity (Wildman–Crippen MR) is 94.5 cm³/mol. The largest absolute Gasteiger partial charge is 0.368 e. The van der Waals surface area contributed by atoms with Gasteiger partial charge in [-0.1, -0.05) is 48.5 Å². The molecular weight excluding hydrogens is 318 g/mol. The van der Waals surface area contributed by atoms with Gasteiger partial charge in [-0.25, -0.2) is 0 Å². The fraction of sp³-hybridized carbons (Fsp3) is 0.211. The van der Waals surface area contributed by atoms with E-state index in [1.165, 1.54) is 0 Å². The van der Waals surface area contributed by atoms with E-state index >= 15 is 0 Å². The van der Waals surface area contributed by atoms with Gasteiger partial charge in [0, 0.05) is 18.5 Å². The van der Waals surface area contributed by atoms with Crippen molar-refractivity contribution >= 4 is 17.7 Å². The summed E-state index contributed by atoms with van der Waals surface area (Å²) in [5.74, 6) is -1.08. The number of amides is 3. The summed E-state index contributed by atoms with van der Waals surface area (Å²) in [6.45, 7) is 0.369. The normalized spacial score (nSPS) is 11.4. The van der Waals surface area contributed by atoms with Gasteiger partial charge in [-0.2, -0.15) is 0 Å². The Morgan fingerprint density at radius 2 is 1.52 bits per heavy atom. The summed E-state index contributed by atoms with van der Waals surface area (Å²) < 4.78 is 0. The highest BCUT2D eigenvalue weighted by Crippen LogP contribution is 2.12. The Bertz CT molecular complexity index is 717. The van der Waals surface area contributed by atoms with Crippen molar-refractivity contribution in [3.63, 3.8) is 0 Å². The van der Waals surface area contributed by atoms with Gasteiger partial charge in [0.1, 0.15) is 6.04 Å². The van der Waals surface area contributed by atoms with E-state index in [1.807, 2.05) is 12.1 Å². The number of hydrogen-bond donors (Lipinski definition) is 3. The van der Waals surface area contributed by atoms with Crippen molar-refractivity contribution in [2.24, 2.45) is 5.73 Å². The Labute approximate surface area is 146 Å². The van der Waals surface area contributed by atoms with Crippen LogP contribution < -0.4 is 16.4 Å². The smallest absolute Gasteiger partial charge is 0.251 e. The van der Waals surface area contributed by atoms with Crippen LogP contribution in [0.25, 0.3) is 0 Å². The molecule has 0 heterocycles. The molecule has 2 rings (SSSR count). The van der Waals surface area contributed by atoms with Gasteiger partial charge in [-0.05, 0) is 24.1 Å². The third-order valence-corrected chi connectivity index (χ3v) is 3.62. The van der Waals surface area contributed by atoms with Crippen LogP contribution in [0.1, 0.15) is 34.8 Å². The van der Waals surface area contributed by atoms with E-state index in [2.05, 4.69) is 10.6 Å². The third-order valence-electron chi connectivity index (χ3n) is 3.62. The van der Waals surface area contributed by atoms with Gasteiger partial charge in [0.05, 0.1) is 0 Å². The maximum absolute atomic E-state index is 12.0. The monoisotopic (exact) mass is 339 g/mol. The van der Waals surface area contributed by atoms with E-state index in [0.717, 1.165) is 0 Å². The predicted octanol–water partition coefficient (Wildman–Crippen LogP) is 1.54. The Balaban J connectivity index is 1.76. The fourth-order valence-electron chi connectivity index (χ4n) is 2.34. The minimum absolute atomic E-state index is 0.180. The highest BCUT2D eigenvalue weighted by Gasteiger charge is 2.19. The molecule has 0 saturated heterocycles. The summed E-state index contributed by atoms with van der Waals surface area (Å²) in [5, 5.41) is 5.38. The lowest BCUT2D eigenvalue weighted by Crippen LogP contribution is -2.37. The first-order valence-electron chi connectivity index (χ1n) is 8.05. The molecule has 0 fully saturated rings. The van der Waals surface area contributed by atoms with Crippen LogP contribution in [0.3, 0.4) is 0 Å². The fourth-order valence-corrected chi connectivity index (χ4v) is 2.34. The molecule has 0 aliphatic carbocycles. The van der Waals surface area contributed by atoms with Crippen LogP contribution in [0.4, 0.5) is 0 Å². The quantitative estimate of drug-likeness (QED) is 0.636. The lowest BCUT2D eigenvalue weighted by atomic mass is 10.1. The van der Waals surface area contributed by atoms with Gasteiger partial charge in [0.2, 0.25) is 11.8 Å². The Morgan fingerprint density at radius 3 is 2.12 bits per heavy atom. The summed E-state index contributed by atoms with van der Waals surface area (Å²) in [4.78, 5) is 35.4. The SMILES string of the molecule is NC(=O)C(NC(=O)CCCNC(=O)c1ccccc1)c1ccccc1. The first-order chi connectivity index (χ1) is 12.1. The van der Waals surface area contributed by atoms with Crippen molar-refractivity contribution in [3.05, 3.63) is 71.8 Å². The first kappa shape index (κ1) is 18.2. The molecule has 2 aromatic rings. The minimum Gasteiger partial charge on any atom is -0.368 e. The molecule has 1 atom stereocenters. The molecule has 4 N–H and O–H groups in total. The number of carbonyl (C=O) groups excluding carboxylic acids is 3. The zero-order valence-electron chi connectivity index (χ0n) is 13.8. The van der Waals surface area contributed by atoms with Crippen molar-refractivity contribution < 1.29 is 14.4 Å². The number of primary amides is 1. The maximum Gasteiger partial charge on any atom is 0.251 e. The Hall–Kier alpha value is -3.15. The van der Waals surface area contributed by atoms with Crippen molar-refractivity contribution in [3.8, 4) is 0 Å². The van der Waals surface area contributed by atoms with Crippen molar-refractivity contribution in [2.45, 2.75) is 18.9 Å². The van der Waals surface area contributed by atoms with Crippen LogP contribution in [0, 0.1) is 0 Å². The van der Waals surface area contributed by atoms with Crippen LogP contribution in [0.15, 0.2) is 60.7 Å². The van der Waals surface area contributed by atoms with Crippen molar-refractivity contribution in [2.75, 3.05) is 6.54 Å². The molecule has 0 spiro atoms. The van der Waals surface area contributed by atoms with Gasteiger partial charge < -0.3 is 16.4 Å². The third kappa shape index (κ3) is 5.76. The van der Waals surface area contributed by atoms with Crippen LogP contribution in [-0.4, -0.2) is 24.3 Å². The minimum atomic E-state index is -0.854. The summed E-state index contributed by atoms with van der Waals surface area (Å²) in [5.41, 5.74) is 6.58. The van der Waals surface area contributed by atoms with Gasteiger partial charge in [-0.15, -0.1) is 0 Å². The summed E-state index contributed by atoms with van der Waals surface area (Å²) in [6, 6.07) is 16.8. The first-order valence-corrected chi connectivity index (χ1v) is 8.05. The molecular formula is C19H21N3O3. The second-order valence-corrected chi connectivity index (χ2v) is 5.54. The van der Waals surface area contributed by atoms with Gasteiger partial charge >= 0.3 is 0 Å². The molecule has 25 heavy (non-hydrogen) atoms. The molecule has 130 valence electrons. The number of rotatable bonds is 8. The van der Waals surface area contributed by atoms with Crippen LogP contribution in [0.5, 0.6) is 0 Å². The molecule has 0 aliphatic heterocycles. The van der Waals surface area contributed by atoms with Crippen LogP contribution >= 0.6 is 0 Å². The molecule has 6 heteroatoms. The van der Waals surface area contributed by atoms with E-state index in [0.29, 0.717) is 24.1 Å². The summed E-state index contributed by atoms with van der Waals surface area (Å²) >= 11 is 0.